The number of amides is 1. The van der Waals surface area contributed by atoms with Gasteiger partial charge in [-0.2, -0.15) is 4.98 Å². The number of methoxy groups -OCH3 is 2. The van der Waals surface area contributed by atoms with Crippen LogP contribution >= 0.6 is 0 Å². The minimum absolute atomic E-state index is 0.0630. The molecule has 4 heterocycles. The zero-order chi connectivity index (χ0) is 22.5. The van der Waals surface area contributed by atoms with Gasteiger partial charge in [-0.05, 0) is 25.0 Å². The summed E-state index contributed by atoms with van der Waals surface area (Å²) in [5.41, 5.74) is 1.55. The Bertz CT molecular complexity index is 1080. The molecule has 3 aromatic heterocycles. The van der Waals surface area contributed by atoms with Crippen molar-refractivity contribution in [3.8, 4) is 5.88 Å². The van der Waals surface area contributed by atoms with Crippen LogP contribution in [0, 0.1) is 0 Å². The van der Waals surface area contributed by atoms with E-state index in [-0.39, 0.29) is 24.6 Å². The van der Waals surface area contributed by atoms with Crippen LogP contribution in [0.5, 0.6) is 5.88 Å². The fourth-order valence-electron chi connectivity index (χ4n) is 3.64. The highest BCUT2D eigenvalue weighted by Crippen LogP contribution is 2.30. The molecule has 0 aromatic carbocycles. The smallest absolute Gasteiger partial charge is 0.297 e. The normalized spacial score (nSPS) is 14.5. The monoisotopic (exact) mass is 442 g/mol. The maximum Gasteiger partial charge on any atom is 0.297 e. The van der Waals surface area contributed by atoms with Crippen LogP contribution in [0.4, 0.5) is 17.5 Å². The first kappa shape index (κ1) is 21.8. The number of aliphatic hydroxyl groups is 1. The minimum Gasteiger partial charge on any atom is -0.480 e. The first-order chi connectivity index (χ1) is 15.6. The van der Waals surface area contributed by atoms with Crippen molar-refractivity contribution in [2.45, 2.75) is 18.9 Å². The molecule has 3 N–H and O–H groups in total. The van der Waals surface area contributed by atoms with Crippen molar-refractivity contribution in [1.82, 2.24) is 15.0 Å². The number of anilines is 3. The second-order valence-electron chi connectivity index (χ2n) is 7.29. The first-order valence-electron chi connectivity index (χ1n) is 10.4. The summed E-state index contributed by atoms with van der Waals surface area (Å²) in [5, 5.41) is 14.8. The zero-order valence-corrected chi connectivity index (χ0v) is 18.0. The first-order valence-corrected chi connectivity index (χ1v) is 10.4. The van der Waals surface area contributed by atoms with Gasteiger partial charge >= 0.3 is 0 Å². The van der Waals surface area contributed by atoms with Crippen LogP contribution in [-0.2, 0) is 4.74 Å². The van der Waals surface area contributed by atoms with E-state index in [9.17, 15) is 4.79 Å². The Kier molecular flexibility index (Phi) is 6.66. The predicted molar refractivity (Wildman–Crippen MR) is 118 cm³/mol. The summed E-state index contributed by atoms with van der Waals surface area (Å²) in [6.45, 7) is 1.62. The third kappa shape index (κ3) is 4.58. The third-order valence-corrected chi connectivity index (χ3v) is 5.28. The molecule has 1 saturated heterocycles. The van der Waals surface area contributed by atoms with Gasteiger partial charge in [0.1, 0.15) is 11.5 Å². The lowest BCUT2D eigenvalue weighted by atomic mass is 10.1. The van der Waals surface area contributed by atoms with Crippen molar-refractivity contribution >= 4 is 34.7 Å². The lowest BCUT2D eigenvalue weighted by molar-refractivity contribution is 0.0817. The highest BCUT2D eigenvalue weighted by atomic mass is 16.5. The number of pyridine rings is 2. The number of fused-ring (bicyclic) bond motifs is 1. The van der Waals surface area contributed by atoms with Crippen molar-refractivity contribution in [1.29, 1.82) is 0 Å². The van der Waals surface area contributed by atoms with Crippen molar-refractivity contribution in [2.24, 2.45) is 0 Å². The van der Waals surface area contributed by atoms with Gasteiger partial charge in [-0.25, -0.2) is 9.97 Å². The second kappa shape index (κ2) is 9.79. The molecule has 1 fully saturated rings. The van der Waals surface area contributed by atoms with Crippen LogP contribution in [0.2, 0.25) is 0 Å². The maximum absolute atomic E-state index is 13.3. The number of hydrogen-bond donors (Lipinski definition) is 3. The van der Waals surface area contributed by atoms with Crippen LogP contribution in [0.3, 0.4) is 0 Å². The Labute approximate surface area is 184 Å². The molecule has 0 bridgehead atoms. The molecular formula is C21H26N6O5. The van der Waals surface area contributed by atoms with Crippen molar-refractivity contribution in [3.63, 3.8) is 0 Å². The van der Waals surface area contributed by atoms with Gasteiger partial charge in [0.25, 0.3) is 11.9 Å². The molecular weight excluding hydrogens is 416 g/mol. The van der Waals surface area contributed by atoms with Crippen molar-refractivity contribution in [2.75, 3.05) is 56.0 Å². The van der Waals surface area contributed by atoms with E-state index in [4.69, 9.17) is 19.0 Å². The highest BCUT2D eigenvalue weighted by molar-refractivity contribution is 6.09. The molecule has 0 saturated carbocycles. The van der Waals surface area contributed by atoms with Crippen molar-refractivity contribution in [3.05, 3.63) is 30.0 Å². The van der Waals surface area contributed by atoms with Crippen LogP contribution in [-0.4, -0.2) is 72.5 Å². The predicted octanol–water partition coefficient (Wildman–Crippen LogP) is 1.90. The van der Waals surface area contributed by atoms with E-state index >= 15 is 0 Å². The number of carbonyl (C=O) groups is 1. The Morgan fingerprint density at radius 2 is 2.12 bits per heavy atom. The summed E-state index contributed by atoms with van der Waals surface area (Å²) in [7, 11) is 3.20. The lowest BCUT2D eigenvalue weighted by Gasteiger charge is -2.32. The molecule has 32 heavy (non-hydrogen) atoms. The van der Waals surface area contributed by atoms with Gasteiger partial charge in [0, 0.05) is 39.0 Å². The van der Waals surface area contributed by atoms with Gasteiger partial charge in [-0.15, -0.1) is 0 Å². The van der Waals surface area contributed by atoms with Gasteiger partial charge in [-0.3, -0.25) is 4.79 Å². The maximum atomic E-state index is 13.3. The standard InChI is InChI=1S/C21H26N6O5/c1-30-13-5-9-27(10-6-13)18-14(19(29)24-15-4-3-7-22-20(15)31-2)12-16-17(25-18)26-21(32-16)23-8-11-28/h3-4,7,12-13,28H,5-6,8-11H2,1-2H3,(H,24,29)(H,23,25,26). The van der Waals surface area contributed by atoms with Gasteiger partial charge in [0.05, 0.1) is 25.4 Å². The summed E-state index contributed by atoms with van der Waals surface area (Å²) in [4.78, 5) is 28.5. The van der Waals surface area contributed by atoms with Crippen LogP contribution in [0.15, 0.2) is 28.8 Å². The Balaban J connectivity index is 1.70. The molecule has 0 aliphatic carbocycles. The fourth-order valence-corrected chi connectivity index (χ4v) is 3.64. The number of nitrogens with one attached hydrogen (secondary N) is 2. The van der Waals surface area contributed by atoms with E-state index in [0.717, 1.165) is 12.8 Å². The summed E-state index contributed by atoms with van der Waals surface area (Å²) in [6.07, 6.45) is 3.43. The summed E-state index contributed by atoms with van der Waals surface area (Å²) in [5.74, 6) is 0.470. The molecule has 170 valence electrons. The number of nitrogens with zero attached hydrogens (tertiary/aromatic N) is 4. The second-order valence-corrected chi connectivity index (χ2v) is 7.29. The molecule has 1 aliphatic heterocycles. The van der Waals surface area contributed by atoms with E-state index in [0.29, 0.717) is 53.8 Å². The van der Waals surface area contributed by atoms with E-state index in [1.807, 2.05) is 0 Å². The number of piperidine rings is 1. The average molecular weight is 442 g/mol. The quantitative estimate of drug-likeness (QED) is 0.475. The molecule has 4 rings (SSSR count). The van der Waals surface area contributed by atoms with Crippen molar-refractivity contribution < 1.29 is 23.8 Å². The zero-order valence-electron chi connectivity index (χ0n) is 18.0. The third-order valence-electron chi connectivity index (χ3n) is 5.28. The Hall–Kier alpha value is -3.44. The number of ether oxygens (including phenoxy) is 2. The van der Waals surface area contributed by atoms with Gasteiger partial charge in [0.2, 0.25) is 11.5 Å². The molecule has 3 aromatic rings. The number of rotatable bonds is 8. The molecule has 11 heteroatoms. The molecule has 0 unspecified atom stereocenters. The summed E-state index contributed by atoms with van der Waals surface area (Å²) >= 11 is 0. The number of carbonyl (C=O) groups excluding carboxylic acids is 1. The molecule has 0 spiro atoms. The van der Waals surface area contributed by atoms with E-state index in [1.54, 1.807) is 31.5 Å². The molecule has 1 amide bonds. The van der Waals surface area contributed by atoms with E-state index in [1.165, 1.54) is 7.11 Å². The Morgan fingerprint density at radius 1 is 1.31 bits per heavy atom. The molecule has 11 nitrogen and oxygen atoms in total. The molecule has 0 radical (unpaired) electrons. The van der Waals surface area contributed by atoms with Gasteiger partial charge in [0.15, 0.2) is 5.58 Å². The molecule has 1 aliphatic rings. The number of oxazole rings is 1. The summed E-state index contributed by atoms with van der Waals surface area (Å²) in [6, 6.07) is 5.29. The van der Waals surface area contributed by atoms with Gasteiger partial charge in [-0.1, -0.05) is 0 Å². The fraction of sp³-hybridized carbons (Fsp3) is 0.429. The molecule has 0 atom stereocenters. The SMILES string of the molecule is COc1ncccc1NC(=O)c1cc2oc(NCCO)nc2nc1N1CCC(OC)CC1. The topological polar surface area (TPSA) is 135 Å². The van der Waals surface area contributed by atoms with Gasteiger partial charge < -0.3 is 34.5 Å². The lowest BCUT2D eigenvalue weighted by Crippen LogP contribution is -2.38. The average Bonchev–Trinajstić information content (AvgIpc) is 3.24. The minimum atomic E-state index is -0.365. The van der Waals surface area contributed by atoms with E-state index in [2.05, 4.69) is 30.5 Å². The van der Waals surface area contributed by atoms with Crippen LogP contribution in [0.1, 0.15) is 23.2 Å². The van der Waals surface area contributed by atoms with E-state index < -0.39 is 0 Å². The largest absolute Gasteiger partial charge is 0.480 e. The Morgan fingerprint density at radius 3 is 2.84 bits per heavy atom. The number of aromatic nitrogens is 3. The van der Waals surface area contributed by atoms with Crippen LogP contribution < -0.4 is 20.3 Å². The number of aliphatic hydroxyl groups excluding tert-OH is 1. The number of hydrogen-bond acceptors (Lipinski definition) is 10. The highest BCUT2D eigenvalue weighted by Gasteiger charge is 2.26. The summed E-state index contributed by atoms with van der Waals surface area (Å²) < 4.78 is 16.4. The van der Waals surface area contributed by atoms with Crippen LogP contribution in [0.25, 0.3) is 11.2 Å².